The van der Waals surface area contributed by atoms with Crippen LogP contribution in [0.4, 0.5) is 0 Å². The summed E-state index contributed by atoms with van der Waals surface area (Å²) in [5, 5.41) is 3.39. The molecule has 0 aromatic heterocycles. The van der Waals surface area contributed by atoms with Gasteiger partial charge in [-0.15, -0.1) is 0 Å². The third-order valence-corrected chi connectivity index (χ3v) is 8.87. The van der Waals surface area contributed by atoms with Crippen molar-refractivity contribution in [3.05, 3.63) is 95.6 Å². The number of hydrogen-bond donors (Lipinski definition) is 5. The first-order valence-corrected chi connectivity index (χ1v) is 18.4. The monoisotopic (exact) mass is 759 g/mol. The molecule has 1 atom stereocenters. The zero-order valence-electron chi connectivity index (χ0n) is 32.0. The number of unbranched alkanes of at least 4 members (excludes halogenated alkanes) is 1. The van der Waals surface area contributed by atoms with Gasteiger partial charge in [-0.3, -0.25) is 24.2 Å². The van der Waals surface area contributed by atoms with Crippen LogP contribution in [0.5, 0.6) is 11.5 Å². The lowest BCUT2D eigenvalue weighted by Crippen LogP contribution is -2.52. The molecule has 15 heteroatoms. The smallest absolute Gasteiger partial charge is 0.242 e. The summed E-state index contributed by atoms with van der Waals surface area (Å²) >= 11 is 0. The van der Waals surface area contributed by atoms with Gasteiger partial charge < -0.3 is 52.4 Å². The van der Waals surface area contributed by atoms with Crippen molar-refractivity contribution in [3.8, 4) is 11.5 Å². The van der Waals surface area contributed by atoms with E-state index in [2.05, 4.69) is 10.3 Å². The second-order valence-corrected chi connectivity index (χ2v) is 13.1. The summed E-state index contributed by atoms with van der Waals surface area (Å²) in [7, 11) is 3.10. The van der Waals surface area contributed by atoms with Crippen LogP contribution in [-0.2, 0) is 38.7 Å². The SMILES string of the molecule is COc1ccc(CCN(CC(=O)N(CC(=O)N(CCCCN)CC(N)=O)Cc2ccccc2)C(=O)[C@H](CCCN=C(N)N)NCc2ccccc2)cc1OC. The third kappa shape index (κ3) is 15.7. The van der Waals surface area contributed by atoms with Gasteiger partial charge >= 0.3 is 0 Å². The maximum absolute atomic E-state index is 14.6. The zero-order valence-corrected chi connectivity index (χ0v) is 32.0. The number of nitrogens with two attached hydrogens (primary N) is 4. The Labute approximate surface area is 324 Å². The summed E-state index contributed by atoms with van der Waals surface area (Å²) in [6.07, 6.45) is 2.51. The fourth-order valence-electron chi connectivity index (χ4n) is 5.93. The number of nitrogens with zero attached hydrogens (tertiary/aromatic N) is 4. The van der Waals surface area contributed by atoms with E-state index >= 15 is 0 Å². The molecular weight excluding hydrogens is 702 g/mol. The molecule has 0 aliphatic carbocycles. The molecule has 3 aromatic carbocycles. The number of carbonyl (C=O) groups is 4. The van der Waals surface area contributed by atoms with E-state index in [1.807, 2.05) is 72.8 Å². The summed E-state index contributed by atoms with van der Waals surface area (Å²) in [6, 6.07) is 23.8. The van der Waals surface area contributed by atoms with E-state index in [1.54, 1.807) is 20.3 Å². The predicted molar refractivity (Wildman–Crippen MR) is 213 cm³/mol. The number of rotatable bonds is 25. The standard InChI is InChI=1S/C40H57N9O6/c1-54-34-18-17-30(24-35(34)55-2)19-23-48(39(53)33(16-11-21-45-40(43)44)46-25-31-12-5-3-6-13-31)28-38(52)49(26-32-14-7-4-8-15-32)29-37(51)47(27-36(42)50)22-10-9-20-41/h3-8,12-15,17-18,24,33,46H,9-11,16,19-23,25-29,41H2,1-2H3,(H2,42,50)(H4,43,44,45)/t33-/m0/s1. The van der Waals surface area contributed by atoms with Crippen LogP contribution in [0.25, 0.3) is 0 Å². The number of benzene rings is 3. The third-order valence-electron chi connectivity index (χ3n) is 8.87. The van der Waals surface area contributed by atoms with Crippen LogP contribution in [0, 0.1) is 0 Å². The molecule has 0 heterocycles. The molecule has 0 radical (unpaired) electrons. The average Bonchev–Trinajstić information content (AvgIpc) is 3.18. The fraction of sp³-hybridized carbons (Fsp3) is 0.425. The lowest BCUT2D eigenvalue weighted by molar-refractivity contribution is -0.146. The van der Waals surface area contributed by atoms with Gasteiger partial charge in [-0.25, -0.2) is 0 Å². The number of nitrogens with one attached hydrogen (secondary N) is 1. The van der Waals surface area contributed by atoms with E-state index in [0.29, 0.717) is 63.2 Å². The molecule has 0 aliphatic heterocycles. The lowest BCUT2D eigenvalue weighted by Gasteiger charge is -2.31. The molecular formula is C40H57N9O6. The van der Waals surface area contributed by atoms with Crippen LogP contribution in [0.2, 0.25) is 0 Å². The Kier molecular flexibility index (Phi) is 19.0. The normalized spacial score (nSPS) is 11.3. The molecule has 55 heavy (non-hydrogen) atoms. The highest BCUT2D eigenvalue weighted by atomic mass is 16.5. The molecule has 9 N–H and O–H groups in total. The van der Waals surface area contributed by atoms with Gasteiger partial charge in [0.1, 0.15) is 6.54 Å². The number of guanidine groups is 1. The first-order valence-electron chi connectivity index (χ1n) is 18.4. The first-order chi connectivity index (χ1) is 26.5. The lowest BCUT2D eigenvalue weighted by atomic mass is 10.1. The number of methoxy groups -OCH3 is 2. The largest absolute Gasteiger partial charge is 0.493 e. The van der Waals surface area contributed by atoms with Gasteiger partial charge in [0.25, 0.3) is 0 Å². The number of carbonyl (C=O) groups excluding carboxylic acids is 4. The Morgan fingerprint density at radius 1 is 0.709 bits per heavy atom. The molecule has 4 amide bonds. The number of primary amides is 1. The Bertz CT molecular complexity index is 1670. The van der Waals surface area contributed by atoms with Gasteiger partial charge in [0.2, 0.25) is 23.6 Å². The fourth-order valence-corrected chi connectivity index (χ4v) is 5.93. The highest BCUT2D eigenvalue weighted by Gasteiger charge is 2.29. The topological polar surface area (TPSA) is 225 Å². The Balaban J connectivity index is 1.96. The van der Waals surface area contributed by atoms with Crippen LogP contribution in [-0.4, -0.2) is 110 Å². The van der Waals surface area contributed by atoms with Gasteiger partial charge in [-0.05, 0) is 67.5 Å². The van der Waals surface area contributed by atoms with Crippen molar-refractivity contribution in [2.75, 3.05) is 60.0 Å². The molecule has 0 spiro atoms. The molecule has 3 aromatic rings. The number of aliphatic imine (C=N–C) groups is 1. The Hall–Kier alpha value is -5.67. The van der Waals surface area contributed by atoms with Crippen LogP contribution < -0.4 is 37.7 Å². The van der Waals surface area contributed by atoms with E-state index in [9.17, 15) is 19.2 Å². The van der Waals surface area contributed by atoms with Crippen molar-refractivity contribution in [1.82, 2.24) is 20.0 Å². The first kappa shape index (κ1) is 43.7. The van der Waals surface area contributed by atoms with E-state index in [1.165, 1.54) is 14.7 Å². The van der Waals surface area contributed by atoms with Crippen molar-refractivity contribution in [1.29, 1.82) is 0 Å². The van der Waals surface area contributed by atoms with Crippen LogP contribution >= 0.6 is 0 Å². The summed E-state index contributed by atoms with van der Waals surface area (Å²) < 4.78 is 10.9. The van der Waals surface area contributed by atoms with Crippen molar-refractivity contribution < 1.29 is 28.7 Å². The van der Waals surface area contributed by atoms with E-state index in [4.69, 9.17) is 32.4 Å². The second-order valence-electron chi connectivity index (χ2n) is 13.1. The minimum absolute atomic E-state index is 0.0379. The quantitative estimate of drug-likeness (QED) is 0.0474. The number of ether oxygens (including phenoxy) is 2. The van der Waals surface area contributed by atoms with Crippen LogP contribution in [0.1, 0.15) is 42.4 Å². The highest BCUT2D eigenvalue weighted by Crippen LogP contribution is 2.28. The van der Waals surface area contributed by atoms with Gasteiger partial charge in [-0.2, -0.15) is 0 Å². The van der Waals surface area contributed by atoms with Gasteiger partial charge in [0, 0.05) is 32.7 Å². The van der Waals surface area contributed by atoms with Crippen molar-refractivity contribution >= 4 is 29.6 Å². The van der Waals surface area contributed by atoms with Crippen LogP contribution in [0.15, 0.2) is 83.9 Å². The molecule has 0 saturated heterocycles. The van der Waals surface area contributed by atoms with Gasteiger partial charge in [-0.1, -0.05) is 66.7 Å². The van der Waals surface area contributed by atoms with Gasteiger partial charge in [0.15, 0.2) is 17.5 Å². The Morgan fingerprint density at radius 3 is 1.96 bits per heavy atom. The minimum atomic E-state index is -0.689. The number of amides is 4. The number of hydrogen-bond acceptors (Lipinski definition) is 9. The molecule has 15 nitrogen and oxygen atoms in total. The van der Waals surface area contributed by atoms with Crippen LogP contribution in [0.3, 0.4) is 0 Å². The predicted octanol–water partition coefficient (Wildman–Crippen LogP) is 1.37. The van der Waals surface area contributed by atoms with Crippen molar-refractivity contribution in [3.63, 3.8) is 0 Å². The molecule has 0 fully saturated rings. The maximum atomic E-state index is 14.6. The van der Waals surface area contributed by atoms with Crippen molar-refractivity contribution in [2.24, 2.45) is 27.9 Å². The summed E-state index contributed by atoms with van der Waals surface area (Å²) in [4.78, 5) is 62.9. The molecule has 3 rings (SSSR count). The zero-order chi connectivity index (χ0) is 40.0. The van der Waals surface area contributed by atoms with E-state index in [-0.39, 0.29) is 51.1 Å². The molecule has 298 valence electrons. The van der Waals surface area contributed by atoms with Gasteiger partial charge in [0.05, 0.1) is 33.4 Å². The maximum Gasteiger partial charge on any atom is 0.242 e. The molecule has 0 aliphatic rings. The van der Waals surface area contributed by atoms with E-state index in [0.717, 1.165) is 16.7 Å². The van der Waals surface area contributed by atoms with Crippen molar-refractivity contribution in [2.45, 2.75) is 51.2 Å². The summed E-state index contributed by atoms with van der Waals surface area (Å²) in [5.74, 6) is -0.776. The minimum Gasteiger partial charge on any atom is -0.493 e. The summed E-state index contributed by atoms with van der Waals surface area (Å²) in [5.41, 5.74) is 24.9. The molecule has 0 unspecified atom stereocenters. The molecule has 0 bridgehead atoms. The second kappa shape index (κ2) is 23.9. The Morgan fingerprint density at radius 2 is 1.35 bits per heavy atom. The highest BCUT2D eigenvalue weighted by molar-refractivity contribution is 5.91. The summed E-state index contributed by atoms with van der Waals surface area (Å²) in [6.45, 7) is 0.775. The molecule has 0 saturated carbocycles. The van der Waals surface area contributed by atoms with E-state index < -0.39 is 23.8 Å². The average molecular weight is 760 g/mol.